The average molecular weight is 268 g/mol. The molecule has 0 unspecified atom stereocenters. The molecule has 20 heavy (non-hydrogen) atoms. The van der Waals surface area contributed by atoms with E-state index in [9.17, 15) is 4.79 Å². The number of nitrogens with zero attached hydrogens (tertiary/aromatic N) is 1. The van der Waals surface area contributed by atoms with Crippen LogP contribution in [0.2, 0.25) is 0 Å². The lowest BCUT2D eigenvalue weighted by atomic mass is 10.1. The number of carbonyl (C=O) groups is 1. The van der Waals surface area contributed by atoms with Crippen molar-refractivity contribution < 1.29 is 4.79 Å². The highest BCUT2D eigenvalue weighted by Gasteiger charge is 2.09. The second-order valence-corrected chi connectivity index (χ2v) is 5.22. The van der Waals surface area contributed by atoms with Crippen molar-refractivity contribution in [2.75, 3.05) is 19.4 Å². The summed E-state index contributed by atoms with van der Waals surface area (Å²) in [6, 6.07) is 15.5. The van der Waals surface area contributed by atoms with Gasteiger partial charge in [-0.25, -0.2) is 0 Å². The van der Waals surface area contributed by atoms with E-state index in [1.54, 1.807) is 0 Å². The van der Waals surface area contributed by atoms with E-state index in [1.165, 1.54) is 0 Å². The maximum atomic E-state index is 12.3. The molecule has 0 heterocycles. The molecule has 3 nitrogen and oxygen atoms in total. The first-order valence-electron chi connectivity index (χ1n) is 6.67. The Balaban J connectivity index is 2.19. The van der Waals surface area contributed by atoms with Crippen LogP contribution in [0.25, 0.3) is 0 Å². The zero-order valence-electron chi connectivity index (χ0n) is 12.2. The second-order valence-electron chi connectivity index (χ2n) is 5.22. The number of hydrogen-bond donors (Lipinski definition) is 1. The molecule has 2 aromatic carbocycles. The highest BCUT2D eigenvalue weighted by molar-refractivity contribution is 6.04. The summed E-state index contributed by atoms with van der Waals surface area (Å²) in [4.78, 5) is 14.4. The quantitative estimate of drug-likeness (QED) is 0.922. The monoisotopic (exact) mass is 268 g/mol. The number of carbonyl (C=O) groups excluding carboxylic acids is 1. The lowest BCUT2D eigenvalue weighted by Gasteiger charge is -2.15. The minimum atomic E-state index is -0.0695. The van der Waals surface area contributed by atoms with E-state index in [1.807, 2.05) is 69.6 Å². The van der Waals surface area contributed by atoms with Gasteiger partial charge in [-0.2, -0.15) is 0 Å². The van der Waals surface area contributed by atoms with Gasteiger partial charge in [-0.3, -0.25) is 4.79 Å². The van der Waals surface area contributed by atoms with Gasteiger partial charge in [0, 0.05) is 17.8 Å². The summed E-state index contributed by atoms with van der Waals surface area (Å²) in [5.74, 6) is -0.0695. The molecule has 0 aliphatic carbocycles. The molecule has 3 heteroatoms. The van der Waals surface area contributed by atoms with Gasteiger partial charge in [-0.05, 0) is 44.8 Å². The fraction of sp³-hybridized carbons (Fsp3) is 0.235. The predicted octanol–water partition coefficient (Wildman–Crippen LogP) is 3.31. The molecule has 0 spiro atoms. The summed E-state index contributed by atoms with van der Waals surface area (Å²) in [7, 11) is 4.03. The Morgan fingerprint density at radius 3 is 2.55 bits per heavy atom. The summed E-state index contributed by atoms with van der Waals surface area (Å²) in [5, 5.41) is 2.99. The number of hydrogen-bond acceptors (Lipinski definition) is 2. The van der Waals surface area contributed by atoms with E-state index >= 15 is 0 Å². The highest BCUT2D eigenvalue weighted by Crippen LogP contribution is 2.17. The third-order valence-electron chi connectivity index (χ3n) is 3.03. The van der Waals surface area contributed by atoms with Gasteiger partial charge >= 0.3 is 0 Å². The lowest BCUT2D eigenvalue weighted by Crippen LogP contribution is -2.16. The third-order valence-corrected chi connectivity index (χ3v) is 3.03. The Morgan fingerprint density at radius 2 is 1.85 bits per heavy atom. The highest BCUT2D eigenvalue weighted by atomic mass is 16.1. The van der Waals surface area contributed by atoms with Crippen molar-refractivity contribution in [1.29, 1.82) is 0 Å². The van der Waals surface area contributed by atoms with Crippen LogP contribution in [0.15, 0.2) is 48.5 Å². The first-order valence-corrected chi connectivity index (χ1v) is 6.67. The molecular weight excluding hydrogens is 248 g/mol. The summed E-state index contributed by atoms with van der Waals surface area (Å²) < 4.78 is 0. The molecule has 0 aromatic heterocycles. The van der Waals surface area contributed by atoms with Crippen molar-refractivity contribution in [3.05, 3.63) is 65.2 Å². The summed E-state index contributed by atoms with van der Waals surface area (Å²) in [6.45, 7) is 2.78. The Labute approximate surface area is 120 Å². The molecule has 0 saturated carbocycles. The van der Waals surface area contributed by atoms with Crippen LogP contribution < -0.4 is 5.32 Å². The van der Waals surface area contributed by atoms with Crippen LogP contribution >= 0.6 is 0 Å². The zero-order chi connectivity index (χ0) is 14.5. The molecule has 2 aromatic rings. The fourth-order valence-corrected chi connectivity index (χ4v) is 2.10. The van der Waals surface area contributed by atoms with Crippen molar-refractivity contribution in [2.45, 2.75) is 13.5 Å². The van der Waals surface area contributed by atoms with E-state index < -0.39 is 0 Å². The van der Waals surface area contributed by atoms with Gasteiger partial charge in [-0.1, -0.05) is 35.9 Å². The summed E-state index contributed by atoms with van der Waals surface area (Å²) in [5.41, 5.74) is 3.75. The number of anilines is 1. The standard InChI is InChI=1S/C17H20N2O/c1-13-7-6-9-14(11-13)17(20)18-16-10-5-4-8-15(16)12-19(2)3/h4-11H,12H2,1-3H3,(H,18,20). The van der Waals surface area contributed by atoms with Gasteiger partial charge in [0.15, 0.2) is 0 Å². The molecule has 1 amide bonds. The third kappa shape index (κ3) is 3.68. The molecule has 0 fully saturated rings. The van der Waals surface area contributed by atoms with Crippen molar-refractivity contribution >= 4 is 11.6 Å². The van der Waals surface area contributed by atoms with Crippen LogP contribution in [0.5, 0.6) is 0 Å². The molecule has 0 saturated heterocycles. The number of para-hydroxylation sites is 1. The normalized spacial score (nSPS) is 10.6. The molecule has 0 aliphatic rings. The minimum absolute atomic E-state index is 0.0695. The Morgan fingerprint density at radius 1 is 1.10 bits per heavy atom. The molecule has 0 aliphatic heterocycles. The van der Waals surface area contributed by atoms with Crippen molar-refractivity contribution in [2.24, 2.45) is 0 Å². The first-order chi connectivity index (χ1) is 9.56. The number of benzene rings is 2. The average Bonchev–Trinajstić information content (AvgIpc) is 2.40. The number of aryl methyl sites for hydroxylation is 1. The maximum Gasteiger partial charge on any atom is 0.255 e. The number of amides is 1. The van der Waals surface area contributed by atoms with Crippen molar-refractivity contribution in [3.63, 3.8) is 0 Å². The minimum Gasteiger partial charge on any atom is -0.322 e. The molecule has 0 bridgehead atoms. The summed E-state index contributed by atoms with van der Waals surface area (Å²) in [6.07, 6.45) is 0. The van der Waals surface area contributed by atoms with Crippen LogP contribution in [0.1, 0.15) is 21.5 Å². The Kier molecular flexibility index (Phi) is 4.53. The van der Waals surface area contributed by atoms with E-state index in [2.05, 4.69) is 10.2 Å². The molecule has 0 atom stereocenters. The smallest absolute Gasteiger partial charge is 0.255 e. The van der Waals surface area contributed by atoms with Crippen LogP contribution in [0, 0.1) is 6.92 Å². The second kappa shape index (κ2) is 6.35. The first kappa shape index (κ1) is 14.3. The molecule has 1 N–H and O–H groups in total. The van der Waals surface area contributed by atoms with E-state index in [0.717, 1.165) is 23.4 Å². The predicted molar refractivity (Wildman–Crippen MR) is 83.0 cm³/mol. The topological polar surface area (TPSA) is 32.3 Å². The molecular formula is C17H20N2O. The Hall–Kier alpha value is -2.13. The molecule has 104 valence electrons. The fourth-order valence-electron chi connectivity index (χ4n) is 2.10. The largest absolute Gasteiger partial charge is 0.322 e. The summed E-state index contributed by atoms with van der Waals surface area (Å²) >= 11 is 0. The van der Waals surface area contributed by atoms with Crippen molar-refractivity contribution in [1.82, 2.24) is 4.90 Å². The van der Waals surface area contributed by atoms with Gasteiger partial charge in [0.2, 0.25) is 0 Å². The molecule has 2 rings (SSSR count). The van der Waals surface area contributed by atoms with Gasteiger partial charge in [0.25, 0.3) is 5.91 Å². The lowest BCUT2D eigenvalue weighted by molar-refractivity contribution is 0.102. The van der Waals surface area contributed by atoms with Gasteiger partial charge in [-0.15, -0.1) is 0 Å². The van der Waals surface area contributed by atoms with Gasteiger partial charge in [0.05, 0.1) is 0 Å². The van der Waals surface area contributed by atoms with E-state index in [-0.39, 0.29) is 5.91 Å². The van der Waals surface area contributed by atoms with Crippen molar-refractivity contribution in [3.8, 4) is 0 Å². The SMILES string of the molecule is Cc1cccc(C(=O)Nc2ccccc2CN(C)C)c1. The van der Waals surface area contributed by atoms with Crippen LogP contribution in [-0.2, 0) is 6.54 Å². The van der Waals surface area contributed by atoms with Crippen LogP contribution in [0.4, 0.5) is 5.69 Å². The number of rotatable bonds is 4. The zero-order valence-corrected chi connectivity index (χ0v) is 12.2. The van der Waals surface area contributed by atoms with Gasteiger partial charge in [0.1, 0.15) is 0 Å². The molecule has 0 radical (unpaired) electrons. The van der Waals surface area contributed by atoms with Crippen LogP contribution in [-0.4, -0.2) is 24.9 Å². The number of nitrogens with one attached hydrogen (secondary N) is 1. The van der Waals surface area contributed by atoms with Gasteiger partial charge < -0.3 is 10.2 Å². The van der Waals surface area contributed by atoms with E-state index in [4.69, 9.17) is 0 Å². The van der Waals surface area contributed by atoms with Crippen LogP contribution in [0.3, 0.4) is 0 Å². The Bertz CT molecular complexity index is 605. The maximum absolute atomic E-state index is 12.3. The van der Waals surface area contributed by atoms with E-state index in [0.29, 0.717) is 5.56 Å².